The molecule has 2 aromatic rings. The van der Waals surface area contributed by atoms with Crippen molar-refractivity contribution >= 4 is 23.1 Å². The first kappa shape index (κ1) is 11.6. The van der Waals surface area contributed by atoms with Crippen LogP contribution in [0.1, 0.15) is 16.1 Å². The average molecular weight is 251 g/mol. The van der Waals surface area contributed by atoms with Gasteiger partial charge < -0.3 is 5.73 Å². The number of benzene rings is 1. The van der Waals surface area contributed by atoms with Gasteiger partial charge in [-0.2, -0.15) is 0 Å². The molecule has 2 N–H and O–H groups in total. The zero-order chi connectivity index (χ0) is 12.4. The van der Waals surface area contributed by atoms with Gasteiger partial charge in [-0.25, -0.2) is 0 Å². The first-order valence-electron chi connectivity index (χ1n) is 4.99. The molecule has 0 atom stereocenters. The molecule has 1 heterocycles. The van der Waals surface area contributed by atoms with Crippen LogP contribution in [0.2, 0.25) is 5.02 Å². The highest BCUT2D eigenvalue weighted by molar-refractivity contribution is 6.31. The van der Waals surface area contributed by atoms with Gasteiger partial charge in [0.25, 0.3) is 0 Å². The number of nitrogen functional groups attached to an aromatic ring is 1. The fraction of sp³-hybridized carbons (Fsp3) is 0.182. The SMILES string of the molecule is Cn1cc(CC(=O)c2cc(N)cc(Cl)c2)nn1. The predicted octanol–water partition coefficient (Wildman–Crippen LogP) is 1.48. The highest BCUT2D eigenvalue weighted by Crippen LogP contribution is 2.17. The quantitative estimate of drug-likeness (QED) is 0.661. The topological polar surface area (TPSA) is 73.8 Å². The Kier molecular flexibility index (Phi) is 3.10. The van der Waals surface area contributed by atoms with Crippen molar-refractivity contribution in [1.82, 2.24) is 15.0 Å². The second-order valence-electron chi connectivity index (χ2n) is 3.76. The lowest BCUT2D eigenvalue weighted by atomic mass is 10.1. The Bertz CT molecular complexity index is 544. The summed E-state index contributed by atoms with van der Waals surface area (Å²) in [6, 6.07) is 4.79. The Labute approximate surface area is 103 Å². The molecular formula is C11H11ClN4O. The van der Waals surface area contributed by atoms with E-state index in [4.69, 9.17) is 17.3 Å². The Hall–Kier alpha value is -1.88. The molecule has 88 valence electrons. The van der Waals surface area contributed by atoms with Gasteiger partial charge in [-0.15, -0.1) is 5.10 Å². The fourth-order valence-electron chi connectivity index (χ4n) is 1.52. The van der Waals surface area contributed by atoms with Gasteiger partial charge in [0.15, 0.2) is 5.78 Å². The van der Waals surface area contributed by atoms with Crippen LogP contribution in [0, 0.1) is 0 Å². The lowest BCUT2D eigenvalue weighted by Gasteiger charge is -2.01. The molecule has 17 heavy (non-hydrogen) atoms. The minimum Gasteiger partial charge on any atom is -0.399 e. The summed E-state index contributed by atoms with van der Waals surface area (Å²) in [5, 5.41) is 8.07. The third-order valence-corrected chi connectivity index (χ3v) is 2.45. The fourth-order valence-corrected chi connectivity index (χ4v) is 1.76. The second-order valence-corrected chi connectivity index (χ2v) is 4.19. The summed E-state index contributed by atoms with van der Waals surface area (Å²) in [7, 11) is 1.75. The van der Waals surface area contributed by atoms with Gasteiger partial charge in [0, 0.05) is 29.5 Å². The van der Waals surface area contributed by atoms with Crippen molar-refractivity contribution in [2.75, 3.05) is 5.73 Å². The third-order valence-electron chi connectivity index (χ3n) is 2.23. The van der Waals surface area contributed by atoms with Crippen LogP contribution < -0.4 is 5.73 Å². The summed E-state index contributed by atoms with van der Waals surface area (Å²) in [6.45, 7) is 0. The number of Topliss-reactive ketones (excluding diaryl/α,β-unsaturated/α-hetero) is 1. The number of halogens is 1. The highest BCUT2D eigenvalue weighted by Gasteiger charge is 2.10. The summed E-state index contributed by atoms with van der Waals surface area (Å²) in [5.74, 6) is -0.0836. The molecule has 0 amide bonds. The van der Waals surface area contributed by atoms with Gasteiger partial charge in [-0.1, -0.05) is 16.8 Å². The number of hydrogen-bond donors (Lipinski definition) is 1. The molecule has 0 aliphatic heterocycles. The van der Waals surface area contributed by atoms with Gasteiger partial charge >= 0.3 is 0 Å². The summed E-state index contributed by atoms with van der Waals surface area (Å²) in [6.07, 6.45) is 1.89. The lowest BCUT2D eigenvalue weighted by molar-refractivity contribution is 0.0992. The number of anilines is 1. The number of aryl methyl sites for hydroxylation is 1. The molecule has 0 spiro atoms. The molecule has 5 nitrogen and oxygen atoms in total. The number of aromatic nitrogens is 3. The van der Waals surface area contributed by atoms with Crippen LogP contribution in [0.3, 0.4) is 0 Å². The van der Waals surface area contributed by atoms with Gasteiger partial charge in [-0.3, -0.25) is 9.48 Å². The van der Waals surface area contributed by atoms with E-state index in [2.05, 4.69) is 10.3 Å². The van der Waals surface area contributed by atoms with Gasteiger partial charge in [0.1, 0.15) is 0 Å². The number of nitrogens with two attached hydrogens (primary N) is 1. The molecule has 0 fully saturated rings. The molecule has 1 aromatic carbocycles. The molecule has 0 radical (unpaired) electrons. The number of nitrogens with zero attached hydrogens (tertiary/aromatic N) is 3. The smallest absolute Gasteiger partial charge is 0.169 e. The van der Waals surface area contributed by atoms with Gasteiger partial charge in [0.05, 0.1) is 12.1 Å². The van der Waals surface area contributed by atoms with E-state index in [1.807, 2.05) is 0 Å². The molecule has 0 bridgehead atoms. The van der Waals surface area contributed by atoms with Crippen LogP contribution in [-0.4, -0.2) is 20.8 Å². The zero-order valence-corrected chi connectivity index (χ0v) is 9.98. The van der Waals surface area contributed by atoms with E-state index < -0.39 is 0 Å². The molecule has 0 unspecified atom stereocenters. The molecule has 0 aliphatic carbocycles. The van der Waals surface area contributed by atoms with Crippen LogP contribution in [0.4, 0.5) is 5.69 Å². The van der Waals surface area contributed by atoms with Gasteiger partial charge in [0.2, 0.25) is 0 Å². The van der Waals surface area contributed by atoms with Crippen LogP contribution in [0.5, 0.6) is 0 Å². The first-order chi connectivity index (χ1) is 8.04. The van der Waals surface area contributed by atoms with E-state index in [1.54, 1.807) is 36.1 Å². The maximum Gasteiger partial charge on any atom is 0.169 e. The zero-order valence-electron chi connectivity index (χ0n) is 9.22. The Morgan fingerprint density at radius 3 is 2.82 bits per heavy atom. The third kappa shape index (κ3) is 2.82. The van der Waals surface area contributed by atoms with E-state index in [0.717, 1.165) is 0 Å². The Morgan fingerprint density at radius 2 is 2.24 bits per heavy atom. The monoisotopic (exact) mass is 250 g/mol. The minimum absolute atomic E-state index is 0.0836. The van der Waals surface area contributed by atoms with E-state index in [9.17, 15) is 4.79 Å². The summed E-state index contributed by atoms with van der Waals surface area (Å²) in [5.41, 5.74) is 7.21. The van der Waals surface area contributed by atoms with Crippen molar-refractivity contribution in [3.05, 3.63) is 40.7 Å². The maximum atomic E-state index is 11.9. The molecule has 0 saturated heterocycles. The van der Waals surface area contributed by atoms with E-state index in [-0.39, 0.29) is 12.2 Å². The predicted molar refractivity (Wildman–Crippen MR) is 64.9 cm³/mol. The van der Waals surface area contributed by atoms with Crippen LogP contribution in [-0.2, 0) is 13.5 Å². The Balaban J connectivity index is 2.19. The van der Waals surface area contributed by atoms with E-state index in [0.29, 0.717) is 22.0 Å². The first-order valence-corrected chi connectivity index (χ1v) is 5.37. The van der Waals surface area contributed by atoms with E-state index in [1.165, 1.54) is 0 Å². The molecule has 6 heteroatoms. The van der Waals surface area contributed by atoms with Crippen molar-refractivity contribution in [3.8, 4) is 0 Å². The van der Waals surface area contributed by atoms with Crippen LogP contribution in [0.15, 0.2) is 24.4 Å². The number of ketones is 1. The van der Waals surface area contributed by atoms with Crippen LogP contribution >= 0.6 is 11.6 Å². The standard InChI is InChI=1S/C11H11ClN4O/c1-16-6-10(14-15-16)5-11(17)7-2-8(12)4-9(13)3-7/h2-4,6H,5,13H2,1H3. The number of rotatable bonds is 3. The second kappa shape index (κ2) is 4.55. The lowest BCUT2D eigenvalue weighted by Crippen LogP contribution is -2.04. The van der Waals surface area contributed by atoms with Crippen LogP contribution in [0.25, 0.3) is 0 Å². The summed E-state index contributed by atoms with van der Waals surface area (Å²) < 4.78 is 1.55. The van der Waals surface area contributed by atoms with Crippen molar-refractivity contribution in [2.45, 2.75) is 6.42 Å². The normalized spacial score (nSPS) is 10.5. The summed E-state index contributed by atoms with van der Waals surface area (Å²) in [4.78, 5) is 11.9. The molecule has 1 aromatic heterocycles. The average Bonchev–Trinajstić information content (AvgIpc) is 2.62. The van der Waals surface area contributed by atoms with Crippen molar-refractivity contribution in [1.29, 1.82) is 0 Å². The highest BCUT2D eigenvalue weighted by atomic mass is 35.5. The summed E-state index contributed by atoms with van der Waals surface area (Å²) >= 11 is 5.84. The molecule has 2 rings (SSSR count). The van der Waals surface area contributed by atoms with Gasteiger partial charge in [-0.05, 0) is 18.2 Å². The van der Waals surface area contributed by atoms with Crippen molar-refractivity contribution < 1.29 is 4.79 Å². The minimum atomic E-state index is -0.0836. The number of carbonyl (C=O) groups is 1. The molecule has 0 aliphatic rings. The van der Waals surface area contributed by atoms with Crippen molar-refractivity contribution in [3.63, 3.8) is 0 Å². The number of hydrogen-bond acceptors (Lipinski definition) is 4. The molecule has 0 saturated carbocycles. The molecular weight excluding hydrogens is 240 g/mol. The maximum absolute atomic E-state index is 11.9. The Morgan fingerprint density at radius 1 is 1.47 bits per heavy atom. The number of carbonyl (C=O) groups excluding carboxylic acids is 1. The van der Waals surface area contributed by atoms with E-state index >= 15 is 0 Å². The largest absolute Gasteiger partial charge is 0.399 e. The van der Waals surface area contributed by atoms with Crippen molar-refractivity contribution in [2.24, 2.45) is 7.05 Å².